The molecule has 0 aromatic carbocycles. The molecule has 0 unspecified atom stereocenters. The third kappa shape index (κ3) is 3.81. The normalized spacial score (nSPS) is 19.8. The minimum atomic E-state index is -5.38. The van der Waals surface area contributed by atoms with Crippen molar-refractivity contribution in [3.63, 3.8) is 0 Å². The molecule has 0 spiro atoms. The van der Waals surface area contributed by atoms with E-state index < -0.39 is 18.5 Å². The molecule has 90 valence electrons. The fourth-order valence-electron chi connectivity index (χ4n) is 1.56. The maximum absolute atomic E-state index is 12.5. The Balaban J connectivity index is 2.23. The summed E-state index contributed by atoms with van der Waals surface area (Å²) in [6, 6.07) is 0. The van der Waals surface area contributed by atoms with E-state index in [0.717, 1.165) is 24.3 Å². The SMILES string of the molecule is FC(F)(F)C(F)(F)CCC[S+]1CCCC1. The van der Waals surface area contributed by atoms with Crippen LogP contribution in [0.5, 0.6) is 0 Å². The topological polar surface area (TPSA) is 0 Å². The van der Waals surface area contributed by atoms with Gasteiger partial charge in [0.25, 0.3) is 0 Å². The highest BCUT2D eigenvalue weighted by Gasteiger charge is 2.56. The van der Waals surface area contributed by atoms with E-state index in [9.17, 15) is 22.0 Å². The molecule has 0 aromatic heterocycles. The maximum Gasteiger partial charge on any atom is 0.453 e. The molecule has 15 heavy (non-hydrogen) atoms. The highest BCUT2D eigenvalue weighted by Crippen LogP contribution is 2.39. The van der Waals surface area contributed by atoms with E-state index in [1.807, 2.05) is 0 Å². The summed E-state index contributed by atoms with van der Waals surface area (Å²) in [7, 11) is 0.111. The standard InChI is InChI=1S/C9H14F5S/c10-8(11,9(12,13)14)4-3-7-15-5-1-2-6-15/h1-7H2/q+1. The summed E-state index contributed by atoms with van der Waals surface area (Å²) in [6.07, 6.45) is -4.26. The van der Waals surface area contributed by atoms with Crippen LogP contribution >= 0.6 is 0 Å². The Morgan fingerprint density at radius 2 is 1.47 bits per heavy atom. The molecule has 0 amide bonds. The second kappa shape index (κ2) is 4.89. The number of halogens is 5. The van der Waals surface area contributed by atoms with Gasteiger partial charge in [-0.15, -0.1) is 0 Å². The number of alkyl halides is 5. The van der Waals surface area contributed by atoms with Crippen molar-refractivity contribution in [2.24, 2.45) is 0 Å². The summed E-state index contributed by atoms with van der Waals surface area (Å²) in [5.74, 6) is -1.95. The fraction of sp³-hybridized carbons (Fsp3) is 1.00. The molecule has 0 radical (unpaired) electrons. The zero-order chi connectivity index (χ0) is 11.5. The first-order chi connectivity index (χ1) is 6.83. The molecule has 0 aromatic rings. The Hall–Kier alpha value is -0.0000000000000000555. The Bertz CT molecular complexity index is 195. The van der Waals surface area contributed by atoms with Crippen LogP contribution in [0.25, 0.3) is 0 Å². The van der Waals surface area contributed by atoms with E-state index in [-0.39, 0.29) is 17.3 Å². The molecule has 0 N–H and O–H groups in total. The molecule has 1 aliphatic heterocycles. The molecule has 0 bridgehead atoms. The van der Waals surface area contributed by atoms with Crippen LogP contribution in [0.3, 0.4) is 0 Å². The van der Waals surface area contributed by atoms with Gasteiger partial charge in [0.15, 0.2) is 0 Å². The zero-order valence-electron chi connectivity index (χ0n) is 8.25. The zero-order valence-corrected chi connectivity index (χ0v) is 9.06. The van der Waals surface area contributed by atoms with Crippen LogP contribution in [0.2, 0.25) is 0 Å². The van der Waals surface area contributed by atoms with Gasteiger partial charge in [-0.05, 0) is 30.2 Å². The van der Waals surface area contributed by atoms with Crippen molar-refractivity contribution in [3.8, 4) is 0 Å². The van der Waals surface area contributed by atoms with Crippen molar-refractivity contribution in [1.29, 1.82) is 0 Å². The van der Waals surface area contributed by atoms with Crippen molar-refractivity contribution < 1.29 is 22.0 Å². The highest BCUT2D eigenvalue weighted by molar-refractivity contribution is 7.97. The van der Waals surface area contributed by atoms with Crippen LogP contribution < -0.4 is 0 Å². The summed E-state index contributed by atoms with van der Waals surface area (Å²) < 4.78 is 60.3. The van der Waals surface area contributed by atoms with Gasteiger partial charge >= 0.3 is 12.1 Å². The molecule has 0 atom stereocenters. The van der Waals surface area contributed by atoms with Crippen LogP contribution in [-0.2, 0) is 10.9 Å². The summed E-state index contributed by atoms with van der Waals surface area (Å²) in [5.41, 5.74) is 0. The monoisotopic (exact) mass is 249 g/mol. The van der Waals surface area contributed by atoms with Gasteiger partial charge in [0.2, 0.25) is 0 Å². The molecular formula is C9H14F5S+. The molecule has 0 saturated carbocycles. The summed E-state index contributed by atoms with van der Waals surface area (Å²) in [6.45, 7) is 0. The van der Waals surface area contributed by atoms with Crippen molar-refractivity contribution >= 4 is 10.9 Å². The molecule has 1 heterocycles. The van der Waals surface area contributed by atoms with E-state index >= 15 is 0 Å². The summed E-state index contributed by atoms with van der Waals surface area (Å²) in [4.78, 5) is 0. The van der Waals surface area contributed by atoms with Crippen molar-refractivity contribution in [2.45, 2.75) is 37.8 Å². The highest BCUT2D eigenvalue weighted by atomic mass is 32.2. The van der Waals surface area contributed by atoms with Gasteiger partial charge < -0.3 is 0 Å². The van der Waals surface area contributed by atoms with Crippen LogP contribution in [0.1, 0.15) is 25.7 Å². The third-order valence-corrected chi connectivity index (χ3v) is 5.05. The molecular weight excluding hydrogens is 235 g/mol. The van der Waals surface area contributed by atoms with Crippen LogP contribution in [0.4, 0.5) is 22.0 Å². The summed E-state index contributed by atoms with van der Waals surface area (Å²) in [5, 5.41) is 0. The number of hydrogen-bond acceptors (Lipinski definition) is 0. The molecule has 6 heteroatoms. The molecule has 1 saturated heterocycles. The summed E-state index contributed by atoms with van der Waals surface area (Å²) >= 11 is 0. The van der Waals surface area contributed by atoms with E-state index in [4.69, 9.17) is 0 Å². The quantitative estimate of drug-likeness (QED) is 0.529. The molecule has 0 aliphatic carbocycles. The van der Waals surface area contributed by atoms with Gasteiger partial charge in [0, 0.05) is 6.42 Å². The van der Waals surface area contributed by atoms with Gasteiger partial charge in [-0.25, -0.2) is 0 Å². The van der Waals surface area contributed by atoms with Crippen molar-refractivity contribution in [2.75, 3.05) is 17.3 Å². The van der Waals surface area contributed by atoms with Crippen LogP contribution in [0, 0.1) is 0 Å². The Kier molecular flexibility index (Phi) is 4.26. The molecule has 0 nitrogen and oxygen atoms in total. The molecule has 1 fully saturated rings. The van der Waals surface area contributed by atoms with E-state index in [1.165, 1.54) is 0 Å². The Morgan fingerprint density at radius 1 is 0.933 bits per heavy atom. The Morgan fingerprint density at radius 3 is 1.93 bits per heavy atom. The lowest BCUT2D eigenvalue weighted by Crippen LogP contribution is -2.36. The largest absolute Gasteiger partial charge is 0.453 e. The van der Waals surface area contributed by atoms with Crippen LogP contribution in [0.15, 0.2) is 0 Å². The molecule has 1 rings (SSSR count). The second-order valence-electron chi connectivity index (χ2n) is 3.74. The first-order valence-corrected chi connectivity index (χ1v) is 6.65. The van der Waals surface area contributed by atoms with Gasteiger partial charge in [0.05, 0.1) is 0 Å². The third-order valence-electron chi connectivity index (χ3n) is 2.45. The first-order valence-electron chi connectivity index (χ1n) is 4.91. The lowest BCUT2D eigenvalue weighted by Gasteiger charge is -2.18. The number of rotatable bonds is 4. The van der Waals surface area contributed by atoms with Gasteiger partial charge in [-0.2, -0.15) is 22.0 Å². The van der Waals surface area contributed by atoms with E-state index in [1.54, 1.807) is 0 Å². The maximum atomic E-state index is 12.5. The predicted molar refractivity (Wildman–Crippen MR) is 51.4 cm³/mol. The first kappa shape index (κ1) is 13.1. The predicted octanol–water partition coefficient (Wildman–Crippen LogP) is 3.38. The van der Waals surface area contributed by atoms with Gasteiger partial charge in [-0.1, -0.05) is 0 Å². The van der Waals surface area contributed by atoms with Crippen LogP contribution in [-0.4, -0.2) is 29.4 Å². The smallest absolute Gasteiger partial charge is 0.196 e. The van der Waals surface area contributed by atoms with E-state index in [0.29, 0.717) is 5.75 Å². The minimum absolute atomic E-state index is 0.0182. The lowest BCUT2D eigenvalue weighted by atomic mass is 10.2. The van der Waals surface area contributed by atoms with E-state index in [2.05, 4.69) is 0 Å². The van der Waals surface area contributed by atoms with Crippen molar-refractivity contribution in [3.05, 3.63) is 0 Å². The minimum Gasteiger partial charge on any atom is -0.196 e. The van der Waals surface area contributed by atoms with Crippen molar-refractivity contribution in [1.82, 2.24) is 0 Å². The second-order valence-corrected chi connectivity index (χ2v) is 6.19. The molecule has 1 aliphatic rings. The fourth-order valence-corrected chi connectivity index (χ4v) is 3.95. The number of hydrogen-bond donors (Lipinski definition) is 0. The average molecular weight is 249 g/mol. The Labute approximate surface area is 88.6 Å². The average Bonchev–Trinajstić information content (AvgIpc) is 2.54. The van der Waals surface area contributed by atoms with Gasteiger partial charge in [0.1, 0.15) is 17.3 Å². The van der Waals surface area contributed by atoms with Gasteiger partial charge in [-0.3, -0.25) is 0 Å². The lowest BCUT2D eigenvalue weighted by molar-refractivity contribution is -0.284.